The van der Waals surface area contributed by atoms with Crippen LogP contribution in [0.4, 0.5) is 0 Å². The van der Waals surface area contributed by atoms with Crippen molar-refractivity contribution in [1.82, 2.24) is 0 Å². The number of rotatable bonds is 52. The van der Waals surface area contributed by atoms with E-state index in [0.29, 0.717) is 19.3 Å². The third-order valence-electron chi connectivity index (χ3n) is 12.8. The zero-order valence-corrected chi connectivity index (χ0v) is 46.2. The van der Waals surface area contributed by atoms with Crippen LogP contribution < -0.4 is 0 Å². The first-order valence-electron chi connectivity index (χ1n) is 29.0. The van der Waals surface area contributed by atoms with Crippen molar-refractivity contribution in [3.05, 3.63) is 72.9 Å². The molecule has 0 spiro atoms. The first-order chi connectivity index (χ1) is 34.1. The smallest absolute Gasteiger partial charge is 0.362 e. The van der Waals surface area contributed by atoms with E-state index in [9.17, 15) is 19.5 Å². The molecular formula is C62H110NO7+. The molecule has 0 bridgehead atoms. The van der Waals surface area contributed by atoms with E-state index < -0.39 is 18.1 Å². The predicted molar refractivity (Wildman–Crippen MR) is 298 cm³/mol. The fraction of sp³-hybridized carbons (Fsp3) is 0.758. The Balaban J connectivity index is 4.21. The van der Waals surface area contributed by atoms with Crippen LogP contribution in [0.3, 0.4) is 0 Å². The van der Waals surface area contributed by atoms with Crippen LogP contribution in [0.25, 0.3) is 0 Å². The summed E-state index contributed by atoms with van der Waals surface area (Å²) in [5.41, 5.74) is 0. The van der Waals surface area contributed by atoms with Gasteiger partial charge in [-0.1, -0.05) is 222 Å². The zero-order valence-electron chi connectivity index (χ0n) is 46.2. The molecule has 0 heterocycles. The van der Waals surface area contributed by atoms with E-state index in [2.05, 4.69) is 86.8 Å². The van der Waals surface area contributed by atoms with Crippen molar-refractivity contribution in [1.29, 1.82) is 0 Å². The van der Waals surface area contributed by atoms with Gasteiger partial charge < -0.3 is 23.8 Å². The number of allylic oxidation sites excluding steroid dienone is 12. The standard InChI is InChI=1S/C62H109NO7/c1-6-8-10-12-14-16-18-20-22-24-26-28-30-32-34-36-38-40-42-44-46-48-50-52-60(64)69-57-58(56-68-55-54-59(62(66)67)63(3,4)5)70-61(65)53-51-49-47-45-43-41-39-37-35-33-31-29-27-25-23-21-19-17-15-13-11-9-7-2/h9,11,15,17,21,23,27,29,32-35,58-59H,6-8,10,12-14,16,18-20,22,24-26,28,30-31,36-57H2,1-5H3/p+1/b11-9+,17-15+,23-21+,29-27+,34-32+,35-33+. The van der Waals surface area contributed by atoms with Crippen LogP contribution in [0, 0.1) is 0 Å². The van der Waals surface area contributed by atoms with Crippen molar-refractivity contribution in [2.24, 2.45) is 0 Å². The molecule has 0 saturated heterocycles. The highest BCUT2D eigenvalue weighted by Gasteiger charge is 2.31. The summed E-state index contributed by atoms with van der Waals surface area (Å²) >= 11 is 0. The highest BCUT2D eigenvalue weighted by atomic mass is 16.6. The average Bonchev–Trinajstić information content (AvgIpc) is 3.33. The number of esters is 2. The Morgan fingerprint density at radius 2 is 0.800 bits per heavy atom. The number of aliphatic carboxylic acids is 1. The molecule has 0 amide bonds. The number of nitrogens with zero attached hydrogens (tertiary/aromatic N) is 1. The number of carboxylic acids is 1. The molecule has 0 fully saturated rings. The Morgan fingerprint density at radius 1 is 0.443 bits per heavy atom. The molecule has 0 aromatic carbocycles. The normalized spacial score (nSPS) is 13.3. The van der Waals surface area contributed by atoms with E-state index in [1.807, 2.05) is 21.1 Å². The second-order valence-electron chi connectivity index (χ2n) is 20.5. The lowest BCUT2D eigenvalue weighted by atomic mass is 10.0. The minimum absolute atomic E-state index is 0.0529. The number of likely N-dealkylation sites (N-methyl/N-ethyl adjacent to an activating group) is 1. The van der Waals surface area contributed by atoms with Gasteiger partial charge in [0.05, 0.1) is 34.4 Å². The van der Waals surface area contributed by atoms with Crippen LogP contribution in [-0.2, 0) is 28.6 Å². The van der Waals surface area contributed by atoms with Crippen molar-refractivity contribution in [3.63, 3.8) is 0 Å². The van der Waals surface area contributed by atoms with Crippen LogP contribution >= 0.6 is 0 Å². The fourth-order valence-corrected chi connectivity index (χ4v) is 8.41. The average molecular weight is 982 g/mol. The summed E-state index contributed by atoms with van der Waals surface area (Å²) in [7, 11) is 5.54. The first-order valence-corrected chi connectivity index (χ1v) is 29.0. The van der Waals surface area contributed by atoms with E-state index in [4.69, 9.17) is 14.2 Å². The van der Waals surface area contributed by atoms with Gasteiger partial charge >= 0.3 is 17.9 Å². The van der Waals surface area contributed by atoms with Crippen LogP contribution in [0.15, 0.2) is 72.9 Å². The second-order valence-corrected chi connectivity index (χ2v) is 20.5. The van der Waals surface area contributed by atoms with Crippen molar-refractivity contribution in [3.8, 4) is 0 Å². The summed E-state index contributed by atoms with van der Waals surface area (Å²) in [5, 5.41) is 9.68. The lowest BCUT2D eigenvalue weighted by Gasteiger charge is -2.31. The van der Waals surface area contributed by atoms with Gasteiger partial charge in [0.25, 0.3) is 0 Å². The van der Waals surface area contributed by atoms with Gasteiger partial charge in [-0.15, -0.1) is 0 Å². The van der Waals surface area contributed by atoms with Gasteiger partial charge in [0.15, 0.2) is 12.1 Å². The minimum atomic E-state index is -0.877. The molecular weight excluding hydrogens is 871 g/mol. The van der Waals surface area contributed by atoms with E-state index >= 15 is 0 Å². The van der Waals surface area contributed by atoms with Gasteiger partial charge in [0, 0.05) is 19.3 Å². The third kappa shape index (κ3) is 49.7. The summed E-state index contributed by atoms with van der Waals surface area (Å²) in [6, 6.07) is -0.622. The summed E-state index contributed by atoms with van der Waals surface area (Å²) in [6.45, 7) is 4.64. The van der Waals surface area contributed by atoms with Crippen molar-refractivity contribution in [2.45, 2.75) is 264 Å². The molecule has 0 aromatic heterocycles. The van der Waals surface area contributed by atoms with E-state index in [1.165, 1.54) is 135 Å². The van der Waals surface area contributed by atoms with Crippen molar-refractivity contribution < 1.29 is 38.2 Å². The summed E-state index contributed by atoms with van der Waals surface area (Å²) < 4.78 is 17.4. The molecule has 70 heavy (non-hydrogen) atoms. The first kappa shape index (κ1) is 66.8. The minimum Gasteiger partial charge on any atom is -0.477 e. The number of ether oxygens (including phenoxy) is 3. The van der Waals surface area contributed by atoms with Gasteiger partial charge in [-0.3, -0.25) is 9.59 Å². The second kappa shape index (κ2) is 52.1. The quantitative estimate of drug-likeness (QED) is 0.0280. The molecule has 0 saturated carbocycles. The number of carbonyl (C=O) groups is 3. The number of hydrogen-bond acceptors (Lipinski definition) is 6. The van der Waals surface area contributed by atoms with Crippen molar-refractivity contribution in [2.75, 3.05) is 41.0 Å². The molecule has 2 atom stereocenters. The lowest BCUT2D eigenvalue weighted by molar-refractivity contribution is -0.887. The van der Waals surface area contributed by atoms with E-state index in [1.54, 1.807) is 0 Å². The molecule has 8 nitrogen and oxygen atoms in total. The summed E-state index contributed by atoms with van der Waals surface area (Å²) in [6.07, 6.45) is 68.2. The molecule has 404 valence electrons. The van der Waals surface area contributed by atoms with Gasteiger partial charge in [0.2, 0.25) is 0 Å². The molecule has 8 heteroatoms. The Morgan fingerprint density at radius 3 is 1.20 bits per heavy atom. The molecule has 0 aromatic rings. The Bertz CT molecular complexity index is 1370. The van der Waals surface area contributed by atoms with Gasteiger partial charge in [-0.2, -0.15) is 0 Å². The maximum absolute atomic E-state index is 12.8. The van der Waals surface area contributed by atoms with Crippen LogP contribution in [-0.4, -0.2) is 80.6 Å². The lowest BCUT2D eigenvalue weighted by Crippen LogP contribution is -2.50. The van der Waals surface area contributed by atoms with Crippen LogP contribution in [0.2, 0.25) is 0 Å². The number of quaternary nitrogens is 1. The molecule has 0 aliphatic heterocycles. The van der Waals surface area contributed by atoms with E-state index in [0.717, 1.165) is 83.5 Å². The highest BCUT2D eigenvalue weighted by molar-refractivity contribution is 5.72. The molecule has 0 rings (SSSR count). The topological polar surface area (TPSA) is 99.1 Å². The van der Waals surface area contributed by atoms with Gasteiger partial charge in [-0.05, 0) is 83.5 Å². The van der Waals surface area contributed by atoms with E-state index in [-0.39, 0.29) is 36.2 Å². The Hall–Kier alpha value is -3.23. The van der Waals surface area contributed by atoms with Crippen LogP contribution in [0.1, 0.15) is 251 Å². The largest absolute Gasteiger partial charge is 0.477 e. The summed E-state index contributed by atoms with van der Waals surface area (Å²) in [4.78, 5) is 37.3. The molecule has 0 aliphatic carbocycles. The Kier molecular flexibility index (Phi) is 49.7. The predicted octanol–water partition coefficient (Wildman–Crippen LogP) is 17.4. The zero-order chi connectivity index (χ0) is 51.3. The number of unbranched alkanes of at least 4 members (excludes halogenated alkanes) is 26. The van der Waals surface area contributed by atoms with Crippen LogP contribution in [0.5, 0.6) is 0 Å². The maximum Gasteiger partial charge on any atom is 0.362 e. The monoisotopic (exact) mass is 981 g/mol. The molecule has 1 N–H and O–H groups in total. The number of carbonyl (C=O) groups excluding carboxylic acids is 2. The fourth-order valence-electron chi connectivity index (χ4n) is 8.41. The highest BCUT2D eigenvalue weighted by Crippen LogP contribution is 2.16. The van der Waals surface area contributed by atoms with Crippen molar-refractivity contribution >= 4 is 17.9 Å². The molecule has 2 unspecified atom stereocenters. The van der Waals surface area contributed by atoms with Gasteiger partial charge in [0.1, 0.15) is 6.61 Å². The van der Waals surface area contributed by atoms with Gasteiger partial charge in [-0.25, -0.2) is 4.79 Å². The maximum atomic E-state index is 12.8. The molecule has 0 aliphatic rings. The third-order valence-corrected chi connectivity index (χ3v) is 12.8. The Labute approximate surface area is 431 Å². The SMILES string of the molecule is CC/C=C/C/C=C/C/C=C/C/C=C/C/C=C/CCCCCCCCCC(=O)OC(COCCC(C(=O)O)[N+](C)(C)C)COC(=O)CCCCCCCCC/C=C/CCCCCCCCCCCCCC. The number of carboxylic acid groups (broad SMARTS) is 1. The summed E-state index contributed by atoms with van der Waals surface area (Å²) in [5.74, 6) is -1.48. The number of hydrogen-bond donors (Lipinski definition) is 1. The molecule has 0 radical (unpaired) electrons.